The molecule has 1 amide bonds. The molecule has 0 aromatic heterocycles. The smallest absolute Gasteiger partial charge is 0.226 e. The summed E-state index contributed by atoms with van der Waals surface area (Å²) in [6.45, 7) is 1.62. The van der Waals surface area contributed by atoms with Gasteiger partial charge in [-0.2, -0.15) is 0 Å². The van der Waals surface area contributed by atoms with Gasteiger partial charge >= 0.3 is 0 Å². The molecule has 2 aliphatic carbocycles. The van der Waals surface area contributed by atoms with Gasteiger partial charge in [0.2, 0.25) is 5.91 Å². The SMILES string of the molecule is N[C@@H]1CCN(C(=O)C2C3CCc4ccccc4C32)C1. The fourth-order valence-corrected chi connectivity index (χ4v) is 4.10. The molecule has 3 unspecified atom stereocenters. The fourth-order valence-electron chi connectivity index (χ4n) is 4.10. The van der Waals surface area contributed by atoms with Gasteiger partial charge in [0, 0.05) is 25.0 Å². The topological polar surface area (TPSA) is 46.3 Å². The van der Waals surface area contributed by atoms with Crippen LogP contribution in [0.25, 0.3) is 0 Å². The van der Waals surface area contributed by atoms with Crippen molar-refractivity contribution < 1.29 is 4.79 Å². The van der Waals surface area contributed by atoms with Crippen LogP contribution >= 0.6 is 0 Å². The van der Waals surface area contributed by atoms with E-state index in [1.165, 1.54) is 17.5 Å². The van der Waals surface area contributed by atoms with Gasteiger partial charge in [0.25, 0.3) is 0 Å². The van der Waals surface area contributed by atoms with Crippen LogP contribution < -0.4 is 5.73 Å². The first-order chi connectivity index (χ1) is 9.25. The Morgan fingerprint density at radius 1 is 1.26 bits per heavy atom. The highest BCUT2D eigenvalue weighted by molar-refractivity contribution is 5.84. The van der Waals surface area contributed by atoms with Crippen LogP contribution in [0.4, 0.5) is 0 Å². The zero-order valence-electron chi connectivity index (χ0n) is 11.1. The highest BCUT2D eigenvalue weighted by Crippen LogP contribution is 2.60. The van der Waals surface area contributed by atoms with Crippen LogP contribution in [-0.4, -0.2) is 29.9 Å². The van der Waals surface area contributed by atoms with E-state index in [-0.39, 0.29) is 12.0 Å². The number of hydrogen-bond acceptors (Lipinski definition) is 2. The van der Waals surface area contributed by atoms with E-state index in [1.54, 1.807) is 0 Å². The Kier molecular flexibility index (Phi) is 2.46. The number of amides is 1. The highest BCUT2D eigenvalue weighted by Gasteiger charge is 2.58. The predicted octanol–water partition coefficient (Wildman–Crippen LogP) is 1.52. The number of likely N-dealkylation sites (tertiary alicyclic amines) is 1. The molecule has 0 spiro atoms. The largest absolute Gasteiger partial charge is 0.341 e. The lowest BCUT2D eigenvalue weighted by molar-refractivity contribution is -0.132. The number of aryl methyl sites for hydroxylation is 1. The second-order valence-corrected chi connectivity index (χ2v) is 6.29. The lowest BCUT2D eigenvalue weighted by atomic mass is 9.92. The minimum Gasteiger partial charge on any atom is -0.341 e. The van der Waals surface area contributed by atoms with E-state index in [2.05, 4.69) is 24.3 Å². The summed E-state index contributed by atoms with van der Waals surface area (Å²) in [4.78, 5) is 14.6. The number of rotatable bonds is 1. The minimum absolute atomic E-state index is 0.192. The Balaban J connectivity index is 1.55. The summed E-state index contributed by atoms with van der Waals surface area (Å²) in [5.74, 6) is 1.70. The van der Waals surface area contributed by atoms with Crippen LogP contribution in [0.3, 0.4) is 0 Å². The molecule has 3 nitrogen and oxygen atoms in total. The third kappa shape index (κ3) is 1.71. The van der Waals surface area contributed by atoms with Crippen molar-refractivity contribution >= 4 is 5.91 Å². The lowest BCUT2D eigenvalue weighted by Gasteiger charge is -2.15. The number of hydrogen-bond donors (Lipinski definition) is 1. The molecule has 3 aliphatic rings. The maximum Gasteiger partial charge on any atom is 0.226 e. The third-order valence-corrected chi connectivity index (χ3v) is 5.15. The average molecular weight is 256 g/mol. The molecule has 3 heteroatoms. The Morgan fingerprint density at radius 2 is 2.11 bits per heavy atom. The van der Waals surface area contributed by atoms with E-state index in [0.29, 0.717) is 17.7 Å². The van der Waals surface area contributed by atoms with Crippen molar-refractivity contribution in [3.05, 3.63) is 35.4 Å². The van der Waals surface area contributed by atoms with Gasteiger partial charge in [-0.1, -0.05) is 24.3 Å². The Labute approximate surface area is 113 Å². The fraction of sp³-hybridized carbons (Fsp3) is 0.562. The Bertz CT molecular complexity index is 527. The molecule has 1 aromatic carbocycles. The second kappa shape index (κ2) is 4.07. The number of carbonyl (C=O) groups is 1. The van der Waals surface area contributed by atoms with Crippen molar-refractivity contribution in [3.63, 3.8) is 0 Å². The zero-order chi connectivity index (χ0) is 13.0. The van der Waals surface area contributed by atoms with E-state index in [0.717, 1.165) is 25.9 Å². The normalized spacial score (nSPS) is 35.7. The quantitative estimate of drug-likeness (QED) is 0.828. The molecular formula is C16H20N2O. The van der Waals surface area contributed by atoms with Gasteiger partial charge in [-0.15, -0.1) is 0 Å². The van der Waals surface area contributed by atoms with Crippen molar-refractivity contribution in [1.82, 2.24) is 4.90 Å². The molecule has 1 aliphatic heterocycles. The number of benzene rings is 1. The van der Waals surface area contributed by atoms with E-state index >= 15 is 0 Å². The Hall–Kier alpha value is -1.35. The first-order valence-electron chi connectivity index (χ1n) is 7.38. The molecule has 100 valence electrons. The molecule has 1 saturated heterocycles. The van der Waals surface area contributed by atoms with Crippen LogP contribution in [0.15, 0.2) is 24.3 Å². The predicted molar refractivity (Wildman–Crippen MR) is 73.7 cm³/mol. The van der Waals surface area contributed by atoms with E-state index < -0.39 is 0 Å². The summed E-state index contributed by atoms with van der Waals surface area (Å²) in [5.41, 5.74) is 8.80. The number of nitrogens with zero attached hydrogens (tertiary/aromatic N) is 1. The lowest BCUT2D eigenvalue weighted by Crippen LogP contribution is -2.33. The van der Waals surface area contributed by atoms with Crippen LogP contribution in [0, 0.1) is 11.8 Å². The minimum atomic E-state index is 0.192. The molecule has 0 bridgehead atoms. The van der Waals surface area contributed by atoms with Gasteiger partial charge in [0.15, 0.2) is 0 Å². The molecule has 4 atom stereocenters. The Morgan fingerprint density at radius 3 is 2.89 bits per heavy atom. The molecule has 2 N–H and O–H groups in total. The molecule has 1 aromatic rings. The maximum atomic E-state index is 12.6. The molecule has 1 heterocycles. The second-order valence-electron chi connectivity index (χ2n) is 6.29. The van der Waals surface area contributed by atoms with Crippen LogP contribution in [0.5, 0.6) is 0 Å². The summed E-state index contributed by atoms with van der Waals surface area (Å²) >= 11 is 0. The van der Waals surface area contributed by atoms with Gasteiger partial charge in [0.05, 0.1) is 0 Å². The van der Waals surface area contributed by atoms with E-state index in [4.69, 9.17) is 5.73 Å². The maximum absolute atomic E-state index is 12.6. The number of nitrogens with two attached hydrogens (primary N) is 1. The first-order valence-corrected chi connectivity index (χ1v) is 7.38. The molecule has 2 fully saturated rings. The molecule has 4 rings (SSSR count). The van der Waals surface area contributed by atoms with Crippen molar-refractivity contribution in [2.45, 2.75) is 31.2 Å². The van der Waals surface area contributed by atoms with Crippen LogP contribution in [-0.2, 0) is 11.2 Å². The molecular weight excluding hydrogens is 236 g/mol. The molecule has 0 radical (unpaired) electrons. The van der Waals surface area contributed by atoms with Gasteiger partial charge < -0.3 is 10.6 Å². The van der Waals surface area contributed by atoms with Crippen LogP contribution in [0.2, 0.25) is 0 Å². The van der Waals surface area contributed by atoms with Crippen molar-refractivity contribution in [1.29, 1.82) is 0 Å². The summed E-state index contributed by atoms with van der Waals surface area (Å²) in [7, 11) is 0. The zero-order valence-corrected chi connectivity index (χ0v) is 11.1. The monoisotopic (exact) mass is 256 g/mol. The van der Waals surface area contributed by atoms with Crippen LogP contribution in [0.1, 0.15) is 29.9 Å². The summed E-state index contributed by atoms with van der Waals surface area (Å²) < 4.78 is 0. The van der Waals surface area contributed by atoms with Gasteiger partial charge in [0.1, 0.15) is 0 Å². The average Bonchev–Trinajstić information content (AvgIpc) is 3.03. The standard InChI is InChI=1S/C16H20N2O/c17-11-7-8-18(9-11)16(19)15-13-6-5-10-3-1-2-4-12(10)14(13)15/h1-4,11,13-15H,5-9,17H2/t11-,13?,14?,15?/m1/s1. The van der Waals surface area contributed by atoms with Gasteiger partial charge in [-0.05, 0) is 42.2 Å². The molecule has 1 saturated carbocycles. The summed E-state index contributed by atoms with van der Waals surface area (Å²) in [6.07, 6.45) is 3.28. The molecule has 19 heavy (non-hydrogen) atoms. The number of fused-ring (bicyclic) bond motifs is 3. The highest BCUT2D eigenvalue weighted by atomic mass is 16.2. The van der Waals surface area contributed by atoms with Crippen molar-refractivity contribution in [2.75, 3.05) is 13.1 Å². The van der Waals surface area contributed by atoms with Gasteiger partial charge in [-0.3, -0.25) is 4.79 Å². The number of carbonyl (C=O) groups excluding carboxylic acids is 1. The third-order valence-electron chi connectivity index (χ3n) is 5.15. The van der Waals surface area contributed by atoms with E-state index in [9.17, 15) is 4.79 Å². The van der Waals surface area contributed by atoms with E-state index in [1.807, 2.05) is 4.90 Å². The van der Waals surface area contributed by atoms with Crippen molar-refractivity contribution in [3.8, 4) is 0 Å². The van der Waals surface area contributed by atoms with Crippen molar-refractivity contribution in [2.24, 2.45) is 17.6 Å². The summed E-state index contributed by atoms with van der Waals surface area (Å²) in [6, 6.07) is 8.84. The van der Waals surface area contributed by atoms with Gasteiger partial charge in [-0.25, -0.2) is 0 Å². The summed E-state index contributed by atoms with van der Waals surface area (Å²) in [5, 5.41) is 0. The first kappa shape index (κ1) is 11.5.